The third-order valence-electron chi connectivity index (χ3n) is 12.4. The molecule has 0 bridgehead atoms. The number of ketones is 3. The minimum Gasteiger partial charge on any atom is -0.494 e. The van der Waals surface area contributed by atoms with Gasteiger partial charge in [0.25, 0.3) is 0 Å². The fourth-order valence-electron chi connectivity index (χ4n) is 7.96. The van der Waals surface area contributed by atoms with Crippen LogP contribution < -0.4 is 0 Å². The van der Waals surface area contributed by atoms with Gasteiger partial charge in [0.2, 0.25) is 23.1 Å². The molecule has 0 aromatic carbocycles. The highest BCUT2D eigenvalue weighted by Gasteiger charge is 2.43. The lowest BCUT2D eigenvalue weighted by Crippen LogP contribution is -2.40. The number of rotatable bonds is 20. The molecular formula is C50H76O11. The Labute approximate surface area is 366 Å². The average Bonchev–Trinajstić information content (AvgIpc) is 3.21. The van der Waals surface area contributed by atoms with Crippen LogP contribution >= 0.6 is 0 Å². The maximum absolute atomic E-state index is 12.5. The highest BCUT2D eigenvalue weighted by molar-refractivity contribution is 5.97. The van der Waals surface area contributed by atoms with E-state index in [2.05, 4.69) is 52.0 Å². The number of carbonyl (C=O) groups is 4. The first-order chi connectivity index (χ1) is 28.8. The Bertz CT molecular complexity index is 1740. The van der Waals surface area contributed by atoms with Crippen molar-refractivity contribution in [3.63, 3.8) is 0 Å². The standard InChI is InChI=1S/C25H38O6.C25H38O5/c1-15(8-7-9-16(2)14-19-12-11-17(3)25(28)31-19)10-13-20-18(4)21(26)23(29-5)24(30-6)22(20)27;1-16(12-9-13-18(3)20(5)26)10-8-11-17(2)14-15-21-19(4)22(27)24(29-6)25(30-7)23(21)28/h9-10,17-20,22,27H,7-8,11-14H2,1-6H3;10,13-14,19,21,23,28H,8-9,11-12,15H2,1-7H3/b15-10+,16-9+;16-10+,17-14+,18-13+. The van der Waals surface area contributed by atoms with Crippen LogP contribution in [0.25, 0.3) is 0 Å². The second-order valence-corrected chi connectivity index (χ2v) is 17.2. The molecule has 11 heteroatoms. The summed E-state index contributed by atoms with van der Waals surface area (Å²) >= 11 is 0. The topological polar surface area (TPSA) is 155 Å². The number of Topliss-reactive ketones (excluding diaryl/α,β-unsaturated/α-hetero) is 3. The van der Waals surface area contributed by atoms with E-state index in [1.807, 2.05) is 33.8 Å². The molecule has 0 aromatic rings. The molecule has 1 fully saturated rings. The molecule has 61 heavy (non-hydrogen) atoms. The third-order valence-corrected chi connectivity index (χ3v) is 12.4. The molecule has 1 heterocycles. The number of hydrogen-bond donors (Lipinski definition) is 2. The van der Waals surface area contributed by atoms with Crippen LogP contribution in [0.4, 0.5) is 0 Å². The summed E-state index contributed by atoms with van der Waals surface area (Å²) in [4.78, 5) is 48.0. The molecule has 0 spiro atoms. The Balaban J connectivity index is 0.000000420. The largest absolute Gasteiger partial charge is 0.494 e. The summed E-state index contributed by atoms with van der Waals surface area (Å²) in [7, 11) is 5.74. The predicted molar refractivity (Wildman–Crippen MR) is 239 cm³/mol. The summed E-state index contributed by atoms with van der Waals surface area (Å²) in [5, 5.41) is 21.3. The lowest BCUT2D eigenvalue weighted by Gasteiger charge is -2.33. The SMILES string of the molecule is COC1=C(OC)C(O)C(C/C=C(\C)CC/C=C(\C)CC/C=C(\C)C(C)=O)C(C)C1=O.COC1=C(OC)C(O)C(C/C=C(\C)CC/C=C(\C)CC2CCC(C)C(=O)O2)C(C)C1=O. The highest BCUT2D eigenvalue weighted by Crippen LogP contribution is 2.37. The van der Waals surface area contributed by atoms with Gasteiger partial charge in [0, 0.05) is 30.1 Å². The van der Waals surface area contributed by atoms with E-state index in [1.54, 1.807) is 6.92 Å². The third kappa shape index (κ3) is 15.9. The number of hydrogen-bond acceptors (Lipinski definition) is 11. The normalized spacial score (nSPS) is 27.1. The van der Waals surface area contributed by atoms with Crippen molar-refractivity contribution >= 4 is 23.3 Å². The van der Waals surface area contributed by atoms with E-state index in [0.29, 0.717) is 12.8 Å². The highest BCUT2D eigenvalue weighted by atomic mass is 16.5. The summed E-state index contributed by atoms with van der Waals surface area (Å²) in [5.74, 6) is -0.614. The van der Waals surface area contributed by atoms with Gasteiger partial charge in [-0.3, -0.25) is 19.2 Å². The Morgan fingerprint density at radius 1 is 0.607 bits per heavy atom. The maximum atomic E-state index is 12.5. The van der Waals surface area contributed by atoms with E-state index in [1.165, 1.54) is 50.7 Å². The van der Waals surface area contributed by atoms with Gasteiger partial charge in [0.05, 0.1) is 34.4 Å². The van der Waals surface area contributed by atoms with E-state index in [4.69, 9.17) is 23.7 Å². The Morgan fingerprint density at radius 3 is 1.41 bits per heavy atom. The molecule has 0 aromatic heterocycles. The van der Waals surface area contributed by atoms with Crippen LogP contribution in [-0.2, 0) is 42.9 Å². The zero-order valence-electron chi connectivity index (χ0n) is 39.4. The number of aliphatic hydroxyl groups is 2. The van der Waals surface area contributed by atoms with Gasteiger partial charge < -0.3 is 33.9 Å². The molecular weight excluding hydrogens is 777 g/mol. The van der Waals surface area contributed by atoms with Gasteiger partial charge in [-0.25, -0.2) is 0 Å². The first-order valence-electron chi connectivity index (χ1n) is 21.9. The lowest BCUT2D eigenvalue weighted by molar-refractivity contribution is -0.159. The van der Waals surface area contributed by atoms with Gasteiger partial charge >= 0.3 is 5.97 Å². The molecule has 1 aliphatic heterocycles. The molecule has 0 radical (unpaired) electrons. The monoisotopic (exact) mass is 853 g/mol. The zero-order chi connectivity index (χ0) is 46.0. The van der Waals surface area contributed by atoms with Crippen molar-refractivity contribution in [1.82, 2.24) is 0 Å². The quantitative estimate of drug-likeness (QED) is 0.0684. The smallest absolute Gasteiger partial charge is 0.308 e. The fraction of sp³-hybridized carbons (Fsp3) is 0.640. The van der Waals surface area contributed by atoms with Gasteiger partial charge in [0.1, 0.15) is 18.3 Å². The van der Waals surface area contributed by atoms with Crippen molar-refractivity contribution in [2.45, 2.75) is 151 Å². The minimum atomic E-state index is -0.861. The molecule has 3 aliphatic rings. The van der Waals surface area contributed by atoms with Crippen LogP contribution in [0.5, 0.6) is 0 Å². The molecule has 8 atom stereocenters. The number of ether oxygens (including phenoxy) is 5. The van der Waals surface area contributed by atoms with Crippen molar-refractivity contribution in [2.75, 3.05) is 28.4 Å². The molecule has 3 rings (SSSR count). The van der Waals surface area contributed by atoms with Crippen molar-refractivity contribution in [3.8, 4) is 0 Å². The Kier molecular flexibility index (Phi) is 22.8. The number of cyclic esters (lactones) is 1. The number of carbonyl (C=O) groups excluding carboxylic acids is 4. The van der Waals surface area contributed by atoms with Crippen LogP contribution in [0.3, 0.4) is 0 Å². The average molecular weight is 853 g/mol. The van der Waals surface area contributed by atoms with E-state index in [-0.39, 0.29) is 82.0 Å². The van der Waals surface area contributed by atoms with Crippen molar-refractivity contribution < 1.29 is 53.1 Å². The second-order valence-electron chi connectivity index (χ2n) is 17.2. The summed E-state index contributed by atoms with van der Waals surface area (Å²) in [6.45, 7) is 17.4. The van der Waals surface area contributed by atoms with E-state index >= 15 is 0 Å². The minimum absolute atomic E-state index is 0.00318. The number of aliphatic hydroxyl groups excluding tert-OH is 2. The maximum Gasteiger partial charge on any atom is 0.308 e. The van der Waals surface area contributed by atoms with Crippen molar-refractivity contribution in [2.24, 2.45) is 29.6 Å². The summed E-state index contributed by atoms with van der Waals surface area (Å²) in [6.07, 6.45) is 18.3. The molecule has 8 unspecified atom stereocenters. The Hall–Kier alpha value is -4.22. The number of esters is 1. The van der Waals surface area contributed by atoms with Crippen molar-refractivity contribution in [1.29, 1.82) is 0 Å². The molecule has 11 nitrogen and oxygen atoms in total. The molecule has 342 valence electrons. The van der Waals surface area contributed by atoms with Crippen LogP contribution in [0, 0.1) is 29.6 Å². The van der Waals surface area contributed by atoms with Crippen LogP contribution in [0.2, 0.25) is 0 Å². The summed E-state index contributed by atoms with van der Waals surface area (Å²) in [5.41, 5.74) is 5.83. The summed E-state index contributed by atoms with van der Waals surface area (Å²) < 4.78 is 26.3. The fourth-order valence-corrected chi connectivity index (χ4v) is 7.96. The zero-order valence-corrected chi connectivity index (χ0v) is 39.4. The predicted octanol–water partition coefficient (Wildman–Crippen LogP) is 9.55. The van der Waals surface area contributed by atoms with Crippen LogP contribution in [-0.4, -0.2) is 80.3 Å². The molecule has 0 amide bonds. The van der Waals surface area contributed by atoms with Gasteiger partial charge in [-0.2, -0.15) is 0 Å². The number of allylic oxidation sites excluding steroid dienone is 11. The van der Waals surface area contributed by atoms with Crippen molar-refractivity contribution in [3.05, 3.63) is 81.3 Å². The first-order valence-corrected chi connectivity index (χ1v) is 21.9. The van der Waals surface area contributed by atoms with Gasteiger partial charge in [-0.05, 0) is 111 Å². The first kappa shape index (κ1) is 52.9. The summed E-state index contributed by atoms with van der Waals surface area (Å²) in [6, 6.07) is 0. The van der Waals surface area contributed by atoms with Gasteiger partial charge in [-0.15, -0.1) is 0 Å². The molecule has 0 saturated carbocycles. The molecule has 1 saturated heterocycles. The lowest BCUT2D eigenvalue weighted by atomic mass is 9.77. The number of methoxy groups -OCH3 is 4. The molecule has 2 N–H and O–H groups in total. The van der Waals surface area contributed by atoms with Gasteiger partial charge in [0.15, 0.2) is 17.3 Å². The Morgan fingerprint density at radius 2 is 1.02 bits per heavy atom. The van der Waals surface area contributed by atoms with E-state index in [0.717, 1.165) is 63.4 Å². The van der Waals surface area contributed by atoms with E-state index < -0.39 is 12.2 Å². The molecule has 2 aliphatic carbocycles. The van der Waals surface area contributed by atoms with Crippen LogP contribution in [0.1, 0.15) is 133 Å². The second kappa shape index (κ2) is 26.3. The van der Waals surface area contributed by atoms with E-state index in [9.17, 15) is 29.4 Å². The van der Waals surface area contributed by atoms with Gasteiger partial charge in [-0.1, -0.05) is 73.4 Å². The van der Waals surface area contributed by atoms with Crippen LogP contribution in [0.15, 0.2) is 81.3 Å².